The lowest BCUT2D eigenvalue weighted by atomic mass is 9.73. The van der Waals surface area contributed by atoms with Gasteiger partial charge in [-0.1, -0.05) is 19.8 Å². The zero-order chi connectivity index (χ0) is 22.2. The number of rotatable bonds is 6. The first-order valence-corrected chi connectivity index (χ1v) is 10.1. The summed E-state index contributed by atoms with van der Waals surface area (Å²) in [4.78, 5) is 65.3. The van der Waals surface area contributed by atoms with Gasteiger partial charge in [0.1, 0.15) is 12.1 Å². The topological polar surface area (TPSA) is 126 Å². The van der Waals surface area contributed by atoms with E-state index in [1.807, 2.05) is 6.92 Å². The molecule has 0 unspecified atom stereocenters. The van der Waals surface area contributed by atoms with Crippen molar-refractivity contribution in [3.8, 4) is 0 Å². The van der Waals surface area contributed by atoms with Crippen molar-refractivity contribution >= 4 is 29.5 Å². The fraction of sp³-hybridized carbons (Fsp3) is 0.571. The molecule has 1 aromatic heterocycles. The molecule has 3 rings (SSSR count). The number of urea groups is 1. The van der Waals surface area contributed by atoms with Crippen LogP contribution in [0.15, 0.2) is 0 Å². The average Bonchev–Trinajstić information content (AvgIpc) is 3.10. The molecule has 1 aliphatic heterocycles. The maximum atomic E-state index is 12.9. The molecule has 1 saturated heterocycles. The second kappa shape index (κ2) is 8.04. The molecule has 2 atom stereocenters. The largest absolute Gasteiger partial charge is 0.456 e. The van der Waals surface area contributed by atoms with Gasteiger partial charge in [-0.15, -0.1) is 0 Å². The summed E-state index contributed by atoms with van der Waals surface area (Å²) in [6.07, 6.45) is 3.21. The lowest BCUT2D eigenvalue weighted by molar-refractivity contribution is -0.147. The highest BCUT2D eigenvalue weighted by Crippen LogP contribution is 2.38. The molecule has 1 aliphatic carbocycles. The van der Waals surface area contributed by atoms with Crippen molar-refractivity contribution < 1.29 is 28.7 Å². The van der Waals surface area contributed by atoms with Gasteiger partial charge in [0, 0.05) is 11.3 Å². The Morgan fingerprint density at radius 2 is 1.90 bits per heavy atom. The Balaban J connectivity index is 1.62. The number of carbonyl (C=O) groups excluding carboxylic acids is 5. The van der Waals surface area contributed by atoms with Crippen LogP contribution in [0, 0.1) is 19.8 Å². The van der Waals surface area contributed by atoms with Gasteiger partial charge in [-0.25, -0.2) is 4.79 Å². The van der Waals surface area contributed by atoms with E-state index in [0.29, 0.717) is 23.2 Å². The molecule has 0 bridgehead atoms. The molecule has 9 heteroatoms. The highest BCUT2D eigenvalue weighted by Gasteiger charge is 2.55. The third-order valence-electron chi connectivity index (χ3n) is 6.22. The summed E-state index contributed by atoms with van der Waals surface area (Å²) in [6, 6.07) is -0.612. The normalized spacial score (nSPS) is 23.6. The number of aromatic nitrogens is 1. The maximum Gasteiger partial charge on any atom is 0.326 e. The first-order chi connectivity index (χ1) is 14.1. The van der Waals surface area contributed by atoms with E-state index < -0.39 is 42.4 Å². The predicted molar refractivity (Wildman–Crippen MR) is 106 cm³/mol. The van der Waals surface area contributed by atoms with Gasteiger partial charge in [-0.05, 0) is 45.1 Å². The quantitative estimate of drug-likeness (QED) is 0.415. The highest BCUT2D eigenvalue weighted by molar-refractivity contribution is 6.09. The second-order valence-corrected chi connectivity index (χ2v) is 8.20. The number of aromatic amines is 1. The first kappa shape index (κ1) is 21.7. The van der Waals surface area contributed by atoms with Crippen LogP contribution >= 0.6 is 0 Å². The van der Waals surface area contributed by atoms with E-state index in [1.54, 1.807) is 13.8 Å². The number of amides is 3. The molecule has 30 heavy (non-hydrogen) atoms. The summed E-state index contributed by atoms with van der Waals surface area (Å²) in [5.74, 6) is -1.93. The lowest BCUT2D eigenvalue weighted by Gasteiger charge is -2.36. The van der Waals surface area contributed by atoms with Crippen molar-refractivity contribution in [2.45, 2.75) is 58.9 Å². The summed E-state index contributed by atoms with van der Waals surface area (Å²) < 4.78 is 5.02. The molecule has 3 amide bonds. The Morgan fingerprint density at radius 1 is 1.20 bits per heavy atom. The molecule has 0 aromatic carbocycles. The molecular weight excluding hydrogens is 390 g/mol. The molecule has 1 saturated carbocycles. The van der Waals surface area contributed by atoms with Gasteiger partial charge in [-0.3, -0.25) is 24.1 Å². The fourth-order valence-corrected chi connectivity index (χ4v) is 4.59. The highest BCUT2D eigenvalue weighted by atomic mass is 16.5. The van der Waals surface area contributed by atoms with Crippen molar-refractivity contribution in [2.75, 3.05) is 13.2 Å². The maximum absolute atomic E-state index is 12.9. The molecular formula is C21H27N3O6. The van der Waals surface area contributed by atoms with Crippen molar-refractivity contribution in [1.29, 1.82) is 0 Å². The van der Waals surface area contributed by atoms with Crippen LogP contribution in [0.4, 0.5) is 4.79 Å². The van der Waals surface area contributed by atoms with Crippen molar-refractivity contribution in [1.82, 2.24) is 15.2 Å². The first-order valence-electron chi connectivity index (χ1n) is 10.1. The Bertz CT molecular complexity index is 933. The molecule has 2 heterocycles. The Hall–Kier alpha value is -2.97. The van der Waals surface area contributed by atoms with E-state index in [-0.39, 0.29) is 17.4 Å². The van der Waals surface area contributed by atoms with Gasteiger partial charge >= 0.3 is 12.0 Å². The lowest BCUT2D eigenvalue weighted by Crippen LogP contribution is -2.54. The molecule has 1 aromatic rings. The van der Waals surface area contributed by atoms with Crippen molar-refractivity contribution in [3.05, 3.63) is 22.5 Å². The van der Waals surface area contributed by atoms with E-state index in [0.717, 1.165) is 24.2 Å². The smallest absolute Gasteiger partial charge is 0.326 e. The second-order valence-electron chi connectivity index (χ2n) is 8.20. The van der Waals surface area contributed by atoms with E-state index in [9.17, 15) is 24.0 Å². The van der Waals surface area contributed by atoms with Crippen molar-refractivity contribution in [3.63, 3.8) is 0 Å². The zero-order valence-electron chi connectivity index (χ0n) is 17.7. The average molecular weight is 417 g/mol. The van der Waals surface area contributed by atoms with Crippen LogP contribution in [-0.4, -0.2) is 58.0 Å². The number of nitrogens with one attached hydrogen (secondary N) is 2. The van der Waals surface area contributed by atoms with Gasteiger partial charge in [0.05, 0.1) is 5.69 Å². The third kappa shape index (κ3) is 3.64. The fourth-order valence-electron chi connectivity index (χ4n) is 4.59. The zero-order valence-corrected chi connectivity index (χ0v) is 17.7. The standard InChI is InChI=1S/C21H27N3O6/c1-11-7-5-6-8-21(11)19(28)24(20(29)23-21)9-16(27)30-10-15(26)18-12(2)17(14(4)25)13(3)22-18/h11,22H,5-10H2,1-4H3,(H,23,29)/t11-,21-/m1/s1. The van der Waals surface area contributed by atoms with Crippen LogP contribution in [-0.2, 0) is 14.3 Å². The van der Waals surface area contributed by atoms with Crippen molar-refractivity contribution in [2.24, 2.45) is 5.92 Å². The summed E-state index contributed by atoms with van der Waals surface area (Å²) in [7, 11) is 0. The summed E-state index contributed by atoms with van der Waals surface area (Å²) >= 11 is 0. The van der Waals surface area contributed by atoms with Gasteiger partial charge in [-0.2, -0.15) is 0 Å². The SMILES string of the molecule is CC(=O)c1c(C)[nH]c(C(=O)COC(=O)CN2C(=O)N[C@@]3(CCCC[C@H]3C)C2=O)c1C. The minimum atomic E-state index is -0.951. The van der Waals surface area contributed by atoms with E-state index in [2.05, 4.69) is 10.3 Å². The predicted octanol–water partition coefficient (Wildman–Crippen LogP) is 2.06. The number of ether oxygens (including phenoxy) is 1. The molecule has 0 radical (unpaired) electrons. The van der Waals surface area contributed by atoms with Crippen LogP contribution in [0.1, 0.15) is 71.6 Å². The molecule has 162 valence electrons. The number of aryl methyl sites for hydroxylation is 1. The monoisotopic (exact) mass is 417 g/mol. The van der Waals surface area contributed by atoms with Crippen LogP contribution in [0.2, 0.25) is 0 Å². The molecule has 9 nitrogen and oxygen atoms in total. The Kier molecular flexibility index (Phi) is 5.83. The minimum Gasteiger partial charge on any atom is -0.456 e. The number of imide groups is 1. The molecule has 2 aliphatic rings. The third-order valence-corrected chi connectivity index (χ3v) is 6.22. The van der Waals surface area contributed by atoms with Crippen LogP contribution in [0.5, 0.6) is 0 Å². The summed E-state index contributed by atoms with van der Waals surface area (Å²) in [5, 5.41) is 2.77. The summed E-state index contributed by atoms with van der Waals surface area (Å²) in [6.45, 7) is 5.57. The van der Waals surface area contributed by atoms with Crippen LogP contribution < -0.4 is 5.32 Å². The number of carbonyl (C=O) groups is 5. The van der Waals surface area contributed by atoms with Gasteiger partial charge in [0.2, 0.25) is 5.78 Å². The number of nitrogens with zero attached hydrogens (tertiary/aromatic N) is 1. The number of ketones is 2. The van der Waals surface area contributed by atoms with Crippen LogP contribution in [0.25, 0.3) is 0 Å². The van der Waals surface area contributed by atoms with E-state index in [4.69, 9.17) is 4.74 Å². The van der Waals surface area contributed by atoms with Gasteiger partial charge in [0.25, 0.3) is 5.91 Å². The number of esters is 1. The number of hydrogen-bond donors (Lipinski definition) is 2. The number of hydrogen-bond acceptors (Lipinski definition) is 6. The Labute approximate surface area is 174 Å². The van der Waals surface area contributed by atoms with E-state index in [1.165, 1.54) is 6.92 Å². The van der Waals surface area contributed by atoms with Gasteiger partial charge in [0.15, 0.2) is 12.4 Å². The van der Waals surface area contributed by atoms with Gasteiger partial charge < -0.3 is 15.0 Å². The molecule has 2 N–H and O–H groups in total. The Morgan fingerprint density at radius 3 is 2.50 bits per heavy atom. The summed E-state index contributed by atoms with van der Waals surface area (Å²) in [5.41, 5.74) is 0.767. The van der Waals surface area contributed by atoms with Crippen LogP contribution in [0.3, 0.4) is 0 Å². The number of Topliss-reactive ketones (excluding diaryl/α,β-unsaturated/α-hetero) is 2. The minimum absolute atomic E-state index is 0.0140. The molecule has 2 fully saturated rings. The van der Waals surface area contributed by atoms with E-state index >= 15 is 0 Å². The number of H-pyrrole nitrogens is 1. The molecule has 1 spiro atoms.